The van der Waals surface area contributed by atoms with E-state index in [0.29, 0.717) is 17.0 Å². The molecule has 2 amide bonds. The highest BCUT2D eigenvalue weighted by molar-refractivity contribution is 7.17. The van der Waals surface area contributed by atoms with Crippen molar-refractivity contribution >= 4 is 27.6 Å². The van der Waals surface area contributed by atoms with Crippen LogP contribution in [0.4, 0.5) is 4.79 Å². The van der Waals surface area contributed by atoms with E-state index in [4.69, 9.17) is 19.9 Å². The Morgan fingerprint density at radius 1 is 1.16 bits per heavy atom. The number of ether oxygens (including phenoxy) is 3. The fourth-order valence-corrected chi connectivity index (χ4v) is 5.65. The second-order valence-corrected chi connectivity index (χ2v) is 10.2. The molecule has 37 heavy (non-hydrogen) atoms. The number of primary amides is 1. The molecule has 2 saturated heterocycles. The van der Waals surface area contributed by atoms with Gasteiger partial charge in [0.2, 0.25) is 5.88 Å². The number of amides is 2. The third-order valence-corrected chi connectivity index (χ3v) is 7.74. The SMILES string of the molecule is COc1ncc(-c2cccc(Oc3cnn(C)c3)c2)c2scnc12.NC(=O)N1CCC2(CCOCC2)C1. The number of thiazole rings is 1. The Hall–Kier alpha value is -3.70. The summed E-state index contributed by atoms with van der Waals surface area (Å²) in [6.07, 6.45) is 8.57. The monoisotopic (exact) mass is 522 g/mol. The highest BCUT2D eigenvalue weighted by atomic mass is 32.1. The number of methoxy groups -OCH3 is 1. The quantitative estimate of drug-likeness (QED) is 0.420. The molecule has 0 unspecified atom stereocenters. The van der Waals surface area contributed by atoms with Crippen LogP contribution in [0.15, 0.2) is 48.4 Å². The van der Waals surface area contributed by atoms with Crippen LogP contribution in [-0.4, -0.2) is 64.1 Å². The maximum absolute atomic E-state index is 10.9. The van der Waals surface area contributed by atoms with Gasteiger partial charge in [-0.05, 0) is 42.4 Å². The van der Waals surface area contributed by atoms with Gasteiger partial charge in [-0.3, -0.25) is 4.68 Å². The Balaban J connectivity index is 0.000000182. The van der Waals surface area contributed by atoms with E-state index in [2.05, 4.69) is 15.1 Å². The Kier molecular flexibility index (Phi) is 7.24. The summed E-state index contributed by atoms with van der Waals surface area (Å²) >= 11 is 1.57. The lowest BCUT2D eigenvalue weighted by atomic mass is 9.80. The molecule has 11 heteroatoms. The van der Waals surface area contributed by atoms with Crippen molar-refractivity contribution in [3.63, 3.8) is 0 Å². The van der Waals surface area contributed by atoms with Gasteiger partial charge in [0.25, 0.3) is 0 Å². The topological polar surface area (TPSA) is 118 Å². The molecule has 1 aromatic carbocycles. The van der Waals surface area contributed by atoms with Gasteiger partial charge in [-0.25, -0.2) is 14.8 Å². The summed E-state index contributed by atoms with van der Waals surface area (Å²) in [5, 5.41) is 4.11. The Bertz CT molecular complexity index is 1380. The number of hydrogen-bond donors (Lipinski definition) is 1. The van der Waals surface area contributed by atoms with Gasteiger partial charge in [-0.15, -0.1) is 11.3 Å². The lowest BCUT2D eigenvalue weighted by Gasteiger charge is -2.32. The van der Waals surface area contributed by atoms with Gasteiger partial charge in [0, 0.05) is 45.1 Å². The first-order valence-corrected chi connectivity index (χ1v) is 13.0. The number of carbonyl (C=O) groups excluding carboxylic acids is 1. The highest BCUT2D eigenvalue weighted by Crippen LogP contribution is 2.39. The van der Waals surface area contributed by atoms with Gasteiger partial charge >= 0.3 is 6.03 Å². The van der Waals surface area contributed by atoms with Crippen molar-refractivity contribution < 1.29 is 19.0 Å². The lowest BCUT2D eigenvalue weighted by Crippen LogP contribution is -2.38. The largest absolute Gasteiger partial charge is 0.479 e. The van der Waals surface area contributed by atoms with Crippen LogP contribution in [0, 0.1) is 5.41 Å². The van der Waals surface area contributed by atoms with E-state index >= 15 is 0 Å². The van der Waals surface area contributed by atoms with Crippen LogP contribution in [0.5, 0.6) is 17.4 Å². The Labute approximate surface area is 219 Å². The zero-order valence-electron chi connectivity index (χ0n) is 20.9. The smallest absolute Gasteiger partial charge is 0.314 e. The summed E-state index contributed by atoms with van der Waals surface area (Å²) in [4.78, 5) is 21.4. The number of hydrogen-bond acceptors (Lipinski definition) is 8. The third kappa shape index (κ3) is 5.52. The average molecular weight is 523 g/mol. The number of likely N-dealkylation sites (tertiary alicyclic amines) is 1. The summed E-state index contributed by atoms with van der Waals surface area (Å²) in [5.74, 6) is 1.98. The number of urea groups is 1. The van der Waals surface area contributed by atoms with Gasteiger partial charge in [0.05, 0.1) is 29.7 Å². The number of benzene rings is 1. The first kappa shape index (κ1) is 25.0. The number of fused-ring (bicyclic) bond motifs is 1. The maximum Gasteiger partial charge on any atom is 0.314 e. The summed E-state index contributed by atoms with van der Waals surface area (Å²) in [6.45, 7) is 3.35. The lowest BCUT2D eigenvalue weighted by molar-refractivity contribution is 0.0210. The van der Waals surface area contributed by atoms with Crippen LogP contribution in [-0.2, 0) is 11.8 Å². The van der Waals surface area contributed by atoms with Gasteiger partial charge in [-0.2, -0.15) is 5.10 Å². The second-order valence-electron chi connectivity index (χ2n) is 9.31. The van der Waals surface area contributed by atoms with Crippen LogP contribution < -0.4 is 15.2 Å². The Morgan fingerprint density at radius 2 is 2.00 bits per heavy atom. The number of nitrogens with two attached hydrogens (primary N) is 1. The first-order chi connectivity index (χ1) is 18.0. The minimum atomic E-state index is -0.275. The van der Waals surface area contributed by atoms with Gasteiger partial charge in [-0.1, -0.05) is 12.1 Å². The molecule has 1 spiro atoms. The highest BCUT2D eigenvalue weighted by Gasteiger charge is 2.40. The molecule has 5 heterocycles. The van der Waals surface area contributed by atoms with Crippen molar-refractivity contribution in [2.24, 2.45) is 18.2 Å². The van der Waals surface area contributed by atoms with Gasteiger partial charge in [0.15, 0.2) is 5.75 Å². The van der Waals surface area contributed by atoms with E-state index in [1.807, 2.05) is 43.7 Å². The molecule has 6 rings (SSSR count). The number of rotatable bonds is 4. The first-order valence-electron chi connectivity index (χ1n) is 12.1. The zero-order chi connectivity index (χ0) is 25.8. The van der Waals surface area contributed by atoms with Crippen LogP contribution in [0.25, 0.3) is 21.3 Å². The second kappa shape index (κ2) is 10.7. The number of carbonyl (C=O) groups is 1. The summed E-state index contributed by atoms with van der Waals surface area (Å²) in [7, 11) is 3.45. The van der Waals surface area contributed by atoms with Crippen molar-refractivity contribution in [3.05, 3.63) is 48.4 Å². The van der Waals surface area contributed by atoms with Gasteiger partial charge < -0.3 is 24.8 Å². The standard InChI is InChI=1S/C17H14N4O2S.C9H16N2O2/c1-21-9-13(7-20-21)23-12-5-3-4-11(6-12)14-8-18-17(22-2)15-16(14)24-10-19-15;10-8(12)11-4-1-9(7-11)2-5-13-6-3-9/h3-10H,1-2H3;1-7H2,(H2,10,12). The molecule has 0 atom stereocenters. The van der Waals surface area contributed by atoms with E-state index in [9.17, 15) is 4.79 Å². The van der Waals surface area contributed by atoms with E-state index in [-0.39, 0.29) is 6.03 Å². The molecule has 2 aliphatic rings. The van der Waals surface area contributed by atoms with Crippen LogP contribution in [0.2, 0.25) is 0 Å². The van der Waals surface area contributed by atoms with Crippen LogP contribution in [0.1, 0.15) is 19.3 Å². The van der Waals surface area contributed by atoms with Crippen molar-refractivity contribution in [2.45, 2.75) is 19.3 Å². The molecule has 10 nitrogen and oxygen atoms in total. The van der Waals surface area contributed by atoms with Crippen molar-refractivity contribution in [1.82, 2.24) is 24.6 Å². The Morgan fingerprint density at radius 3 is 2.70 bits per heavy atom. The molecule has 3 aromatic heterocycles. The predicted octanol–water partition coefficient (Wildman–Crippen LogP) is 4.46. The molecule has 2 aliphatic heterocycles. The number of aryl methyl sites for hydroxylation is 1. The number of pyridine rings is 1. The predicted molar refractivity (Wildman–Crippen MR) is 141 cm³/mol. The zero-order valence-corrected chi connectivity index (χ0v) is 21.7. The van der Waals surface area contributed by atoms with Gasteiger partial charge in [0.1, 0.15) is 11.3 Å². The van der Waals surface area contributed by atoms with E-state index in [1.165, 1.54) is 0 Å². The average Bonchev–Trinajstić information content (AvgIpc) is 3.65. The van der Waals surface area contributed by atoms with Crippen molar-refractivity contribution in [2.75, 3.05) is 33.4 Å². The molecule has 0 radical (unpaired) electrons. The maximum atomic E-state index is 10.9. The fourth-order valence-electron chi connectivity index (χ4n) is 4.84. The molecule has 2 fully saturated rings. The van der Waals surface area contributed by atoms with Crippen LogP contribution >= 0.6 is 11.3 Å². The fraction of sp³-hybridized carbons (Fsp3) is 0.385. The molecular formula is C26H30N6O4S. The van der Waals surface area contributed by atoms with Crippen LogP contribution in [0.3, 0.4) is 0 Å². The molecule has 0 saturated carbocycles. The molecule has 0 aliphatic carbocycles. The molecule has 194 valence electrons. The minimum Gasteiger partial charge on any atom is -0.479 e. The summed E-state index contributed by atoms with van der Waals surface area (Å²) in [5.41, 5.74) is 10.2. The summed E-state index contributed by atoms with van der Waals surface area (Å²) in [6, 6.07) is 7.60. The number of nitrogens with zero attached hydrogens (tertiary/aromatic N) is 5. The molecule has 4 aromatic rings. The minimum absolute atomic E-state index is 0.275. The molecule has 2 N–H and O–H groups in total. The van der Waals surface area contributed by atoms with E-state index in [1.54, 1.807) is 39.7 Å². The normalized spacial score (nSPS) is 16.4. The molecular weight excluding hydrogens is 492 g/mol. The van der Waals surface area contributed by atoms with Crippen molar-refractivity contribution in [1.29, 1.82) is 0 Å². The number of aromatic nitrogens is 4. The summed E-state index contributed by atoms with van der Waals surface area (Å²) < 4.78 is 19.2. The van der Waals surface area contributed by atoms with E-state index < -0.39 is 0 Å². The molecule has 0 bridgehead atoms. The third-order valence-electron chi connectivity index (χ3n) is 6.88. The van der Waals surface area contributed by atoms with E-state index in [0.717, 1.165) is 72.7 Å². The van der Waals surface area contributed by atoms with Crippen molar-refractivity contribution in [3.8, 4) is 28.5 Å².